The summed E-state index contributed by atoms with van der Waals surface area (Å²) in [6.07, 6.45) is 4.17. The zero-order chi connectivity index (χ0) is 18.8. The summed E-state index contributed by atoms with van der Waals surface area (Å²) in [5, 5.41) is 12.4. The van der Waals surface area contributed by atoms with Crippen molar-refractivity contribution in [1.82, 2.24) is 20.1 Å². The lowest BCUT2D eigenvalue weighted by molar-refractivity contribution is -0.115. The highest BCUT2D eigenvalue weighted by atomic mass is 32.1. The zero-order valence-electron chi connectivity index (χ0n) is 15.1. The number of hydrogen-bond donors (Lipinski definition) is 2. The van der Waals surface area contributed by atoms with Crippen molar-refractivity contribution in [2.75, 3.05) is 18.4 Å². The monoisotopic (exact) mass is 383 g/mol. The van der Waals surface area contributed by atoms with Crippen LogP contribution in [0.15, 0.2) is 35.3 Å². The molecule has 0 spiro atoms. The molecule has 1 aliphatic heterocycles. The molecule has 1 aliphatic rings. The highest BCUT2D eigenvalue weighted by Gasteiger charge is 2.19. The molecule has 1 aromatic carbocycles. The van der Waals surface area contributed by atoms with Crippen molar-refractivity contribution in [2.45, 2.75) is 25.2 Å². The molecule has 1 amide bonds. The topological polar surface area (TPSA) is 88.9 Å². The minimum absolute atomic E-state index is 0.0941. The number of hydrogen-bond acceptors (Lipinski definition) is 6. The van der Waals surface area contributed by atoms with Gasteiger partial charge in [-0.3, -0.25) is 9.59 Å². The Labute approximate surface area is 160 Å². The van der Waals surface area contributed by atoms with Gasteiger partial charge in [0.15, 0.2) is 5.13 Å². The van der Waals surface area contributed by atoms with E-state index in [1.807, 2.05) is 24.4 Å². The molecule has 140 valence electrons. The van der Waals surface area contributed by atoms with Crippen LogP contribution in [-0.2, 0) is 18.3 Å². The number of rotatable bonds is 4. The summed E-state index contributed by atoms with van der Waals surface area (Å²) in [6.45, 7) is 2.05. The summed E-state index contributed by atoms with van der Waals surface area (Å²) >= 11 is 1.54. The van der Waals surface area contributed by atoms with Crippen LogP contribution >= 0.6 is 11.3 Å². The maximum Gasteiger partial charge on any atom is 0.274 e. The number of thiazole rings is 1. The molecule has 0 bridgehead atoms. The SMILES string of the molecule is Cn1nc(CC(=O)Nc2ncc(C3CCNCC3)s2)c2ccccc2c1=O. The second-order valence-electron chi connectivity index (χ2n) is 6.74. The van der Waals surface area contributed by atoms with Crippen molar-refractivity contribution in [3.05, 3.63) is 51.4 Å². The molecule has 27 heavy (non-hydrogen) atoms. The second-order valence-corrected chi connectivity index (χ2v) is 7.80. The van der Waals surface area contributed by atoms with Gasteiger partial charge in [-0.05, 0) is 37.9 Å². The van der Waals surface area contributed by atoms with E-state index in [4.69, 9.17) is 0 Å². The molecule has 0 unspecified atom stereocenters. The fourth-order valence-corrected chi connectivity index (χ4v) is 4.46. The molecule has 4 rings (SSSR count). The van der Waals surface area contributed by atoms with Crippen LogP contribution in [0.3, 0.4) is 0 Å². The summed E-state index contributed by atoms with van der Waals surface area (Å²) in [5.41, 5.74) is 0.418. The van der Waals surface area contributed by atoms with Gasteiger partial charge in [-0.15, -0.1) is 11.3 Å². The lowest BCUT2D eigenvalue weighted by Gasteiger charge is -2.20. The van der Waals surface area contributed by atoms with Gasteiger partial charge in [-0.2, -0.15) is 5.10 Å². The molecule has 2 aromatic heterocycles. The Morgan fingerprint density at radius 1 is 1.30 bits per heavy atom. The van der Waals surface area contributed by atoms with Crippen molar-refractivity contribution < 1.29 is 4.79 Å². The van der Waals surface area contributed by atoms with E-state index < -0.39 is 0 Å². The van der Waals surface area contributed by atoms with Gasteiger partial charge < -0.3 is 10.6 Å². The molecule has 0 aliphatic carbocycles. The van der Waals surface area contributed by atoms with Gasteiger partial charge in [-0.1, -0.05) is 18.2 Å². The first-order valence-electron chi connectivity index (χ1n) is 9.03. The van der Waals surface area contributed by atoms with Gasteiger partial charge in [0.1, 0.15) is 0 Å². The fourth-order valence-electron chi connectivity index (χ4n) is 3.46. The minimum atomic E-state index is -0.183. The Hall–Kier alpha value is -2.58. The van der Waals surface area contributed by atoms with Crippen LogP contribution in [0.5, 0.6) is 0 Å². The minimum Gasteiger partial charge on any atom is -0.317 e. The fraction of sp³-hybridized carbons (Fsp3) is 0.368. The average Bonchev–Trinajstić information content (AvgIpc) is 3.15. The van der Waals surface area contributed by atoms with Crippen molar-refractivity contribution in [1.29, 1.82) is 0 Å². The number of piperidine rings is 1. The highest BCUT2D eigenvalue weighted by molar-refractivity contribution is 7.15. The number of carbonyl (C=O) groups is 1. The predicted octanol–water partition coefficient (Wildman–Crippen LogP) is 2.04. The quantitative estimate of drug-likeness (QED) is 0.720. The lowest BCUT2D eigenvalue weighted by Crippen LogP contribution is -2.26. The summed E-state index contributed by atoms with van der Waals surface area (Å²) in [4.78, 5) is 30.3. The molecule has 0 atom stereocenters. The number of fused-ring (bicyclic) bond motifs is 1. The first-order chi connectivity index (χ1) is 13.1. The Kier molecular flexibility index (Phi) is 5.00. The Balaban J connectivity index is 1.50. The molecular weight excluding hydrogens is 362 g/mol. The van der Waals surface area contributed by atoms with Crippen LogP contribution in [0.4, 0.5) is 5.13 Å². The van der Waals surface area contributed by atoms with Gasteiger partial charge in [0.2, 0.25) is 5.91 Å². The van der Waals surface area contributed by atoms with Crippen LogP contribution < -0.4 is 16.2 Å². The summed E-state index contributed by atoms with van der Waals surface area (Å²) < 4.78 is 1.28. The molecule has 8 heteroatoms. The molecule has 0 saturated carbocycles. The van der Waals surface area contributed by atoms with Gasteiger partial charge in [0.05, 0.1) is 17.5 Å². The Morgan fingerprint density at radius 3 is 2.81 bits per heavy atom. The van der Waals surface area contributed by atoms with Crippen molar-refractivity contribution in [3.63, 3.8) is 0 Å². The molecule has 2 N–H and O–H groups in total. The van der Waals surface area contributed by atoms with Crippen LogP contribution in [-0.4, -0.2) is 33.8 Å². The van der Waals surface area contributed by atoms with Crippen LogP contribution in [0.2, 0.25) is 0 Å². The summed E-state index contributed by atoms with van der Waals surface area (Å²) in [5.74, 6) is 0.334. The lowest BCUT2D eigenvalue weighted by atomic mass is 9.97. The third kappa shape index (κ3) is 3.77. The van der Waals surface area contributed by atoms with Gasteiger partial charge >= 0.3 is 0 Å². The maximum atomic E-state index is 12.5. The number of nitrogens with zero attached hydrogens (tertiary/aromatic N) is 3. The third-order valence-corrected chi connectivity index (χ3v) is 5.95. The Bertz CT molecular complexity index is 1040. The van der Waals surface area contributed by atoms with Crippen molar-refractivity contribution in [3.8, 4) is 0 Å². The Morgan fingerprint density at radius 2 is 2.04 bits per heavy atom. The maximum absolute atomic E-state index is 12.5. The number of amides is 1. The average molecular weight is 383 g/mol. The molecule has 7 nitrogen and oxygen atoms in total. The van der Waals surface area contributed by atoms with Crippen LogP contribution in [0, 0.1) is 0 Å². The molecule has 0 radical (unpaired) electrons. The largest absolute Gasteiger partial charge is 0.317 e. The highest BCUT2D eigenvalue weighted by Crippen LogP contribution is 2.31. The van der Waals surface area contributed by atoms with E-state index in [9.17, 15) is 9.59 Å². The number of carbonyl (C=O) groups excluding carboxylic acids is 1. The van der Waals surface area contributed by atoms with Gasteiger partial charge in [0, 0.05) is 23.5 Å². The van der Waals surface area contributed by atoms with Crippen molar-refractivity contribution >= 4 is 33.1 Å². The molecule has 3 aromatic rings. The third-order valence-electron chi connectivity index (χ3n) is 4.87. The van der Waals surface area contributed by atoms with E-state index in [0.29, 0.717) is 27.5 Å². The van der Waals surface area contributed by atoms with E-state index >= 15 is 0 Å². The number of aryl methyl sites for hydroxylation is 1. The van der Waals surface area contributed by atoms with Crippen LogP contribution in [0.1, 0.15) is 29.3 Å². The zero-order valence-corrected chi connectivity index (χ0v) is 15.9. The van der Waals surface area contributed by atoms with E-state index in [2.05, 4.69) is 20.7 Å². The van der Waals surface area contributed by atoms with Crippen LogP contribution in [0.25, 0.3) is 10.8 Å². The first kappa shape index (κ1) is 17.8. The van der Waals surface area contributed by atoms with Gasteiger partial charge in [-0.25, -0.2) is 9.67 Å². The molecule has 1 saturated heterocycles. The van der Waals surface area contributed by atoms with E-state index in [1.54, 1.807) is 24.5 Å². The smallest absolute Gasteiger partial charge is 0.274 e. The summed E-state index contributed by atoms with van der Waals surface area (Å²) in [7, 11) is 1.60. The second kappa shape index (κ2) is 7.58. The van der Waals surface area contributed by atoms with Crippen molar-refractivity contribution in [2.24, 2.45) is 7.05 Å². The number of aromatic nitrogens is 3. The predicted molar refractivity (Wildman–Crippen MR) is 106 cm³/mol. The molecular formula is C19H21N5O2S. The normalized spacial score (nSPS) is 15.1. The van der Waals surface area contributed by atoms with E-state index in [0.717, 1.165) is 25.9 Å². The number of benzene rings is 1. The van der Waals surface area contributed by atoms with Gasteiger partial charge in [0.25, 0.3) is 5.56 Å². The summed E-state index contributed by atoms with van der Waals surface area (Å²) in [6, 6.07) is 7.24. The molecule has 1 fully saturated rings. The molecule has 3 heterocycles. The first-order valence-corrected chi connectivity index (χ1v) is 9.84. The van der Waals surface area contributed by atoms with E-state index in [-0.39, 0.29) is 17.9 Å². The number of anilines is 1. The number of nitrogens with one attached hydrogen (secondary N) is 2. The van der Waals surface area contributed by atoms with E-state index in [1.165, 1.54) is 9.56 Å². The standard InChI is InChI=1S/C19H21N5O2S/c1-24-18(26)14-5-3-2-4-13(14)15(23-24)10-17(25)22-19-21-11-16(27-19)12-6-8-20-9-7-12/h2-5,11-12,20H,6-10H2,1H3,(H,21,22,25).